The molecule has 1 aromatic rings. The molecule has 0 fully saturated rings. The molecule has 0 unspecified atom stereocenters. The van der Waals surface area contributed by atoms with Gasteiger partial charge in [-0.25, -0.2) is 0 Å². The van der Waals surface area contributed by atoms with E-state index in [4.69, 9.17) is 9.47 Å². The summed E-state index contributed by atoms with van der Waals surface area (Å²) in [5, 5.41) is 0. The Morgan fingerprint density at radius 3 is 2.53 bits per heavy atom. The highest BCUT2D eigenvalue weighted by Crippen LogP contribution is 2.16. The van der Waals surface area contributed by atoms with E-state index in [-0.39, 0.29) is 6.04 Å². The van der Waals surface area contributed by atoms with Crippen molar-refractivity contribution in [1.29, 1.82) is 0 Å². The number of hydrogen-bond acceptors (Lipinski definition) is 3. The molecule has 0 amide bonds. The van der Waals surface area contributed by atoms with Crippen LogP contribution in [0.5, 0.6) is 5.75 Å². The molecule has 1 aromatic carbocycles. The number of nitrogens with zero attached hydrogens (tertiary/aromatic N) is 1. The van der Waals surface area contributed by atoms with Gasteiger partial charge in [-0.05, 0) is 18.1 Å². The molecule has 1 rings (SSSR count). The van der Waals surface area contributed by atoms with Crippen molar-refractivity contribution in [3.05, 3.63) is 29.8 Å². The molecule has 0 aliphatic rings. The minimum atomic E-state index is 0.185. The van der Waals surface area contributed by atoms with Crippen molar-refractivity contribution in [2.75, 3.05) is 20.8 Å². The highest BCUT2D eigenvalue weighted by Gasteiger charge is 2.10. The molecular weight excluding hydrogens is 214 g/mol. The molecule has 94 valence electrons. The third-order valence-electron chi connectivity index (χ3n) is 2.65. The van der Waals surface area contributed by atoms with Crippen LogP contribution in [0.15, 0.2) is 29.3 Å². The van der Waals surface area contributed by atoms with Crippen LogP contribution in [0.25, 0.3) is 0 Å². The van der Waals surface area contributed by atoms with Crippen molar-refractivity contribution >= 4 is 6.21 Å². The Morgan fingerprint density at radius 2 is 1.94 bits per heavy atom. The average molecular weight is 235 g/mol. The quantitative estimate of drug-likeness (QED) is 0.710. The summed E-state index contributed by atoms with van der Waals surface area (Å²) >= 11 is 0. The van der Waals surface area contributed by atoms with Gasteiger partial charge in [0, 0.05) is 18.9 Å². The molecule has 0 heterocycles. The van der Waals surface area contributed by atoms with Crippen LogP contribution in [0.3, 0.4) is 0 Å². The number of para-hydroxylation sites is 1. The second-order valence-electron chi connectivity index (χ2n) is 4.29. The van der Waals surface area contributed by atoms with E-state index in [0.717, 1.165) is 11.3 Å². The van der Waals surface area contributed by atoms with Gasteiger partial charge in [-0.1, -0.05) is 26.0 Å². The van der Waals surface area contributed by atoms with E-state index >= 15 is 0 Å². The van der Waals surface area contributed by atoms with Crippen LogP contribution in [-0.2, 0) is 4.74 Å². The first kappa shape index (κ1) is 13.7. The zero-order chi connectivity index (χ0) is 12.7. The van der Waals surface area contributed by atoms with Gasteiger partial charge in [0.05, 0.1) is 19.8 Å². The molecule has 17 heavy (non-hydrogen) atoms. The minimum absolute atomic E-state index is 0.185. The zero-order valence-corrected chi connectivity index (χ0v) is 11.0. The molecule has 0 N–H and O–H groups in total. The molecule has 3 heteroatoms. The fraction of sp³-hybridized carbons (Fsp3) is 0.500. The number of ether oxygens (including phenoxy) is 2. The molecule has 0 saturated carbocycles. The van der Waals surface area contributed by atoms with Crippen LogP contribution in [-0.4, -0.2) is 33.1 Å². The van der Waals surface area contributed by atoms with Crippen LogP contribution >= 0.6 is 0 Å². The average Bonchev–Trinajstić information content (AvgIpc) is 2.34. The predicted molar refractivity (Wildman–Crippen MR) is 71.1 cm³/mol. The van der Waals surface area contributed by atoms with Crippen molar-refractivity contribution in [2.24, 2.45) is 10.9 Å². The van der Waals surface area contributed by atoms with Crippen LogP contribution in [0.4, 0.5) is 0 Å². The summed E-state index contributed by atoms with van der Waals surface area (Å²) < 4.78 is 10.4. The second-order valence-corrected chi connectivity index (χ2v) is 4.29. The Kier molecular flexibility index (Phi) is 5.70. The summed E-state index contributed by atoms with van der Waals surface area (Å²) in [6.45, 7) is 4.93. The van der Waals surface area contributed by atoms with Crippen molar-refractivity contribution in [3.8, 4) is 5.75 Å². The Balaban J connectivity index is 2.80. The monoisotopic (exact) mass is 235 g/mol. The molecule has 3 nitrogen and oxygen atoms in total. The van der Waals surface area contributed by atoms with Gasteiger partial charge in [-0.15, -0.1) is 0 Å². The van der Waals surface area contributed by atoms with E-state index in [9.17, 15) is 0 Å². The summed E-state index contributed by atoms with van der Waals surface area (Å²) in [6.07, 6.45) is 1.86. The Morgan fingerprint density at radius 1 is 1.24 bits per heavy atom. The molecule has 0 saturated heterocycles. The molecule has 0 bridgehead atoms. The number of methoxy groups -OCH3 is 2. The van der Waals surface area contributed by atoms with Gasteiger partial charge in [-0.3, -0.25) is 4.99 Å². The Labute approximate surface area is 103 Å². The lowest BCUT2D eigenvalue weighted by atomic mass is 10.1. The van der Waals surface area contributed by atoms with E-state index in [2.05, 4.69) is 18.8 Å². The van der Waals surface area contributed by atoms with E-state index < -0.39 is 0 Å². The smallest absolute Gasteiger partial charge is 0.127 e. The van der Waals surface area contributed by atoms with Gasteiger partial charge >= 0.3 is 0 Å². The van der Waals surface area contributed by atoms with E-state index in [1.165, 1.54) is 0 Å². The molecule has 0 aromatic heterocycles. The topological polar surface area (TPSA) is 30.8 Å². The summed E-state index contributed by atoms with van der Waals surface area (Å²) in [7, 11) is 3.37. The molecule has 1 atom stereocenters. The second kappa shape index (κ2) is 7.07. The highest BCUT2D eigenvalue weighted by atomic mass is 16.5. The maximum absolute atomic E-state index is 5.28. The van der Waals surface area contributed by atoms with Crippen molar-refractivity contribution in [1.82, 2.24) is 0 Å². The molecule has 0 aliphatic heterocycles. The Hall–Kier alpha value is -1.35. The van der Waals surface area contributed by atoms with Gasteiger partial charge in [-0.2, -0.15) is 0 Å². The lowest BCUT2D eigenvalue weighted by Crippen LogP contribution is -2.19. The van der Waals surface area contributed by atoms with Gasteiger partial charge in [0.1, 0.15) is 5.75 Å². The van der Waals surface area contributed by atoms with Gasteiger partial charge in [0.2, 0.25) is 0 Å². The third kappa shape index (κ3) is 4.19. The number of rotatable bonds is 6. The van der Waals surface area contributed by atoms with Gasteiger partial charge < -0.3 is 9.47 Å². The first-order valence-corrected chi connectivity index (χ1v) is 5.84. The normalized spacial score (nSPS) is 13.2. The number of aliphatic imine (C=N–C) groups is 1. The van der Waals surface area contributed by atoms with Crippen LogP contribution < -0.4 is 4.74 Å². The maximum atomic E-state index is 5.28. The first-order chi connectivity index (χ1) is 8.19. The lowest BCUT2D eigenvalue weighted by Gasteiger charge is -2.15. The minimum Gasteiger partial charge on any atom is -0.496 e. The highest BCUT2D eigenvalue weighted by molar-refractivity contribution is 5.83. The Bertz CT molecular complexity index is 361. The third-order valence-corrected chi connectivity index (χ3v) is 2.65. The standard InChI is InChI=1S/C14H21NO2/c1-11(2)13(10-16-3)15-9-12-7-5-6-8-14(12)17-4/h5-9,11,13H,10H2,1-4H3/t13-/m1/s1. The van der Waals surface area contributed by atoms with Gasteiger partial charge in [0.25, 0.3) is 0 Å². The van der Waals surface area contributed by atoms with Crippen LogP contribution in [0, 0.1) is 5.92 Å². The van der Waals surface area contributed by atoms with Crippen LogP contribution in [0.1, 0.15) is 19.4 Å². The number of benzene rings is 1. The fourth-order valence-electron chi connectivity index (χ4n) is 1.53. The maximum Gasteiger partial charge on any atom is 0.127 e. The summed E-state index contributed by atoms with van der Waals surface area (Å²) in [5.74, 6) is 1.30. The summed E-state index contributed by atoms with van der Waals surface area (Å²) in [4.78, 5) is 4.56. The van der Waals surface area contributed by atoms with Crippen molar-refractivity contribution < 1.29 is 9.47 Å². The van der Waals surface area contributed by atoms with Crippen molar-refractivity contribution in [2.45, 2.75) is 19.9 Å². The summed E-state index contributed by atoms with van der Waals surface area (Å²) in [6, 6.07) is 8.04. The van der Waals surface area contributed by atoms with E-state index in [0.29, 0.717) is 12.5 Å². The van der Waals surface area contributed by atoms with Crippen LogP contribution in [0.2, 0.25) is 0 Å². The largest absolute Gasteiger partial charge is 0.496 e. The summed E-state index contributed by atoms with van der Waals surface area (Å²) in [5.41, 5.74) is 0.997. The molecule has 0 radical (unpaired) electrons. The van der Waals surface area contributed by atoms with Gasteiger partial charge in [0.15, 0.2) is 0 Å². The first-order valence-electron chi connectivity index (χ1n) is 5.84. The van der Waals surface area contributed by atoms with E-state index in [1.54, 1.807) is 14.2 Å². The fourth-order valence-corrected chi connectivity index (χ4v) is 1.53. The molecular formula is C14H21NO2. The molecule has 0 spiro atoms. The zero-order valence-electron chi connectivity index (χ0n) is 11.0. The SMILES string of the molecule is COC[C@@H](N=Cc1ccccc1OC)C(C)C. The molecule has 0 aliphatic carbocycles. The van der Waals surface area contributed by atoms with Crippen molar-refractivity contribution in [3.63, 3.8) is 0 Å². The van der Waals surface area contributed by atoms with E-state index in [1.807, 2.05) is 30.5 Å². The predicted octanol–water partition coefficient (Wildman–Crippen LogP) is 2.79. The number of hydrogen-bond donors (Lipinski definition) is 0. The lowest BCUT2D eigenvalue weighted by molar-refractivity contribution is 0.165.